The fourth-order valence-electron chi connectivity index (χ4n) is 2.94. The molecule has 2 saturated carbocycles. The summed E-state index contributed by atoms with van der Waals surface area (Å²) in [7, 11) is 2.26. The third-order valence-electron chi connectivity index (χ3n) is 4.97. The largest absolute Gasteiger partial charge is 0.313 e. The van der Waals surface area contributed by atoms with E-state index in [2.05, 4.69) is 48.5 Å². The third-order valence-corrected chi connectivity index (χ3v) is 4.97. The first-order valence-corrected chi connectivity index (χ1v) is 8.25. The molecule has 2 aliphatic rings. The zero-order chi connectivity index (χ0) is 13.9. The minimum absolute atomic E-state index is 0.619. The van der Waals surface area contributed by atoms with Crippen molar-refractivity contribution in [1.29, 1.82) is 0 Å². The minimum atomic E-state index is 0.619. The Kier molecular flexibility index (Phi) is 4.42. The summed E-state index contributed by atoms with van der Waals surface area (Å²) in [4.78, 5) is 2.51. The molecule has 0 aliphatic heterocycles. The molecular weight excluding hydrogens is 244 g/mol. The van der Waals surface area contributed by atoms with Crippen LogP contribution in [0.4, 0.5) is 0 Å². The van der Waals surface area contributed by atoms with Gasteiger partial charge in [0.25, 0.3) is 0 Å². The predicted octanol–water partition coefficient (Wildman–Crippen LogP) is 3.53. The van der Waals surface area contributed by atoms with E-state index in [9.17, 15) is 0 Å². The standard InChI is InChI=1S/C18H28N2/c1-14(12-19-17-10-11-17)16-8-6-15(7-9-16)13-20(2)18-4-3-5-18/h6-9,14,17-19H,3-5,10-13H2,1-2H3. The predicted molar refractivity (Wildman–Crippen MR) is 85.0 cm³/mol. The number of hydrogen-bond acceptors (Lipinski definition) is 2. The van der Waals surface area contributed by atoms with Gasteiger partial charge in [0.2, 0.25) is 0 Å². The van der Waals surface area contributed by atoms with Crippen molar-refractivity contribution in [2.24, 2.45) is 0 Å². The molecule has 2 fully saturated rings. The van der Waals surface area contributed by atoms with Crippen LogP contribution < -0.4 is 5.32 Å². The van der Waals surface area contributed by atoms with E-state index >= 15 is 0 Å². The topological polar surface area (TPSA) is 15.3 Å². The summed E-state index contributed by atoms with van der Waals surface area (Å²) in [6, 6.07) is 10.9. The van der Waals surface area contributed by atoms with Crippen LogP contribution >= 0.6 is 0 Å². The lowest BCUT2D eigenvalue weighted by atomic mass is 9.91. The van der Waals surface area contributed by atoms with Crippen LogP contribution in [0.25, 0.3) is 0 Å². The first-order chi connectivity index (χ1) is 9.72. The quantitative estimate of drug-likeness (QED) is 0.817. The molecule has 0 bridgehead atoms. The van der Waals surface area contributed by atoms with Gasteiger partial charge in [-0.05, 0) is 49.8 Å². The van der Waals surface area contributed by atoms with E-state index in [1.54, 1.807) is 0 Å². The van der Waals surface area contributed by atoms with E-state index in [0.29, 0.717) is 5.92 Å². The fourth-order valence-corrected chi connectivity index (χ4v) is 2.94. The van der Waals surface area contributed by atoms with Crippen LogP contribution in [0, 0.1) is 0 Å². The minimum Gasteiger partial charge on any atom is -0.313 e. The second kappa shape index (κ2) is 6.28. The Morgan fingerprint density at radius 1 is 1.15 bits per heavy atom. The van der Waals surface area contributed by atoms with Gasteiger partial charge in [-0.25, -0.2) is 0 Å². The average molecular weight is 272 g/mol. The number of hydrogen-bond donors (Lipinski definition) is 1. The lowest BCUT2D eigenvalue weighted by molar-refractivity contribution is 0.152. The second-order valence-corrected chi connectivity index (χ2v) is 6.82. The molecule has 1 aromatic rings. The molecule has 1 aromatic carbocycles. The monoisotopic (exact) mass is 272 g/mol. The van der Waals surface area contributed by atoms with Gasteiger partial charge in [-0.3, -0.25) is 4.90 Å². The van der Waals surface area contributed by atoms with Crippen molar-refractivity contribution < 1.29 is 0 Å². The molecule has 2 heteroatoms. The molecule has 110 valence electrons. The average Bonchev–Trinajstić information content (AvgIpc) is 3.18. The van der Waals surface area contributed by atoms with Crippen molar-refractivity contribution in [3.63, 3.8) is 0 Å². The number of nitrogens with zero attached hydrogens (tertiary/aromatic N) is 1. The van der Waals surface area contributed by atoms with Crippen LogP contribution in [0.15, 0.2) is 24.3 Å². The van der Waals surface area contributed by atoms with Crippen molar-refractivity contribution in [3.05, 3.63) is 35.4 Å². The Balaban J connectivity index is 1.50. The maximum atomic E-state index is 3.62. The number of rotatable bonds is 7. The van der Waals surface area contributed by atoms with E-state index in [1.165, 1.54) is 43.2 Å². The molecule has 0 spiro atoms. The van der Waals surface area contributed by atoms with Gasteiger partial charge in [0.1, 0.15) is 0 Å². The van der Waals surface area contributed by atoms with E-state index in [0.717, 1.165) is 25.2 Å². The highest BCUT2D eigenvalue weighted by Crippen LogP contribution is 2.25. The lowest BCUT2D eigenvalue weighted by Gasteiger charge is -2.34. The molecule has 3 rings (SSSR count). The Labute approximate surface area is 123 Å². The molecule has 0 radical (unpaired) electrons. The number of benzene rings is 1. The highest BCUT2D eigenvalue weighted by molar-refractivity contribution is 5.25. The molecule has 1 N–H and O–H groups in total. The van der Waals surface area contributed by atoms with Crippen molar-refractivity contribution >= 4 is 0 Å². The molecule has 0 saturated heterocycles. The summed E-state index contributed by atoms with van der Waals surface area (Å²) in [6.45, 7) is 4.54. The van der Waals surface area contributed by atoms with E-state index in [-0.39, 0.29) is 0 Å². The lowest BCUT2D eigenvalue weighted by Crippen LogP contribution is -2.36. The molecule has 1 atom stereocenters. The van der Waals surface area contributed by atoms with Gasteiger partial charge < -0.3 is 5.32 Å². The van der Waals surface area contributed by atoms with Crippen LogP contribution in [0.1, 0.15) is 56.1 Å². The molecule has 20 heavy (non-hydrogen) atoms. The molecule has 2 aliphatic carbocycles. The molecule has 0 amide bonds. The summed E-state index contributed by atoms with van der Waals surface area (Å²) in [5.41, 5.74) is 2.92. The molecule has 0 heterocycles. The molecule has 0 aromatic heterocycles. The summed E-state index contributed by atoms with van der Waals surface area (Å²) < 4.78 is 0. The third kappa shape index (κ3) is 3.62. The van der Waals surface area contributed by atoms with E-state index in [4.69, 9.17) is 0 Å². The maximum Gasteiger partial charge on any atom is 0.0233 e. The normalized spacial score (nSPS) is 20.9. The molecule has 1 unspecified atom stereocenters. The van der Waals surface area contributed by atoms with Crippen molar-refractivity contribution in [3.8, 4) is 0 Å². The second-order valence-electron chi connectivity index (χ2n) is 6.82. The highest BCUT2D eigenvalue weighted by Gasteiger charge is 2.22. The van der Waals surface area contributed by atoms with Gasteiger partial charge in [-0.2, -0.15) is 0 Å². The van der Waals surface area contributed by atoms with Crippen LogP contribution in [0.2, 0.25) is 0 Å². The summed E-state index contributed by atoms with van der Waals surface area (Å²) in [6.07, 6.45) is 6.94. The van der Waals surface area contributed by atoms with Gasteiger partial charge in [-0.15, -0.1) is 0 Å². The summed E-state index contributed by atoms with van der Waals surface area (Å²) in [5.74, 6) is 0.619. The van der Waals surface area contributed by atoms with Crippen LogP contribution in [0.3, 0.4) is 0 Å². The Bertz CT molecular complexity index is 418. The SMILES string of the molecule is CC(CNC1CC1)c1ccc(CN(C)C2CCC2)cc1. The van der Waals surface area contributed by atoms with Gasteiger partial charge >= 0.3 is 0 Å². The van der Waals surface area contributed by atoms with Gasteiger partial charge in [0.05, 0.1) is 0 Å². The first kappa shape index (κ1) is 14.1. The van der Waals surface area contributed by atoms with Crippen LogP contribution in [0.5, 0.6) is 0 Å². The van der Waals surface area contributed by atoms with Gasteiger partial charge in [0, 0.05) is 25.2 Å². The Morgan fingerprint density at radius 2 is 1.85 bits per heavy atom. The molecular formula is C18H28N2. The first-order valence-electron chi connectivity index (χ1n) is 8.25. The van der Waals surface area contributed by atoms with Crippen molar-refractivity contribution in [2.75, 3.05) is 13.6 Å². The van der Waals surface area contributed by atoms with E-state index in [1.807, 2.05) is 0 Å². The molecule has 2 nitrogen and oxygen atoms in total. The van der Waals surface area contributed by atoms with Crippen molar-refractivity contribution in [1.82, 2.24) is 10.2 Å². The highest BCUT2D eigenvalue weighted by atomic mass is 15.1. The number of nitrogens with one attached hydrogen (secondary N) is 1. The van der Waals surface area contributed by atoms with Crippen LogP contribution in [-0.2, 0) is 6.54 Å². The summed E-state index contributed by atoms with van der Waals surface area (Å²) >= 11 is 0. The zero-order valence-electron chi connectivity index (χ0n) is 12.9. The van der Waals surface area contributed by atoms with Crippen molar-refractivity contribution in [2.45, 2.75) is 63.6 Å². The van der Waals surface area contributed by atoms with E-state index < -0.39 is 0 Å². The maximum absolute atomic E-state index is 3.62. The Hall–Kier alpha value is -0.860. The summed E-state index contributed by atoms with van der Waals surface area (Å²) in [5, 5.41) is 3.62. The zero-order valence-corrected chi connectivity index (χ0v) is 12.9. The van der Waals surface area contributed by atoms with Crippen LogP contribution in [-0.4, -0.2) is 30.6 Å². The smallest absolute Gasteiger partial charge is 0.0233 e. The van der Waals surface area contributed by atoms with Gasteiger partial charge in [0.15, 0.2) is 0 Å². The fraction of sp³-hybridized carbons (Fsp3) is 0.667. The van der Waals surface area contributed by atoms with Gasteiger partial charge in [-0.1, -0.05) is 37.6 Å². The Morgan fingerprint density at radius 3 is 2.40 bits per heavy atom.